The lowest BCUT2D eigenvalue weighted by molar-refractivity contribution is 0.328. The third kappa shape index (κ3) is 2.82. The molecule has 0 unspecified atom stereocenters. The van der Waals surface area contributed by atoms with Crippen molar-refractivity contribution in [3.05, 3.63) is 28.0 Å². The lowest BCUT2D eigenvalue weighted by Crippen LogP contribution is -2.13. The molecule has 1 aromatic rings. The number of aliphatic imine (C=N–C) groups is 1. The highest BCUT2D eigenvalue weighted by molar-refractivity contribution is 7.11. The Morgan fingerprint density at radius 3 is 3.00 bits per heavy atom. The van der Waals surface area contributed by atoms with E-state index < -0.39 is 0 Å². The molecule has 0 spiro atoms. The second-order valence-electron chi connectivity index (χ2n) is 2.54. The summed E-state index contributed by atoms with van der Waals surface area (Å²) in [7, 11) is 0. The molecule has 0 radical (unpaired) electrons. The highest BCUT2D eigenvalue weighted by atomic mass is 32.1. The fourth-order valence-electron chi connectivity index (χ4n) is 0.770. The summed E-state index contributed by atoms with van der Waals surface area (Å²) in [5, 5.41) is 20.0. The standard InChI is InChI=1S/C8H11N3O2S/c1-5-4-14-8(10-5)7(9)11-6(13)2-3-12/h2,4,12-13H,3H2,1H3,(H2,9,11)/b6-2+. The Labute approximate surface area is 85.3 Å². The monoisotopic (exact) mass is 213 g/mol. The van der Waals surface area contributed by atoms with Crippen molar-refractivity contribution >= 4 is 17.2 Å². The number of aliphatic hydroxyl groups is 2. The quantitative estimate of drug-likeness (QED) is 0.388. The summed E-state index contributed by atoms with van der Waals surface area (Å²) in [6, 6.07) is 0. The van der Waals surface area contributed by atoms with Crippen LogP contribution in [-0.4, -0.2) is 27.6 Å². The average Bonchev–Trinajstić information content (AvgIpc) is 2.52. The van der Waals surface area contributed by atoms with Crippen molar-refractivity contribution in [2.24, 2.45) is 10.7 Å². The van der Waals surface area contributed by atoms with Gasteiger partial charge in [-0.1, -0.05) is 0 Å². The van der Waals surface area contributed by atoms with Gasteiger partial charge in [-0.15, -0.1) is 11.3 Å². The van der Waals surface area contributed by atoms with E-state index >= 15 is 0 Å². The molecule has 0 saturated carbocycles. The highest BCUT2D eigenvalue weighted by Gasteiger charge is 2.03. The van der Waals surface area contributed by atoms with E-state index in [2.05, 4.69) is 9.98 Å². The van der Waals surface area contributed by atoms with Crippen LogP contribution in [0.3, 0.4) is 0 Å². The second kappa shape index (κ2) is 4.73. The lowest BCUT2D eigenvalue weighted by atomic mass is 10.5. The first kappa shape index (κ1) is 10.7. The van der Waals surface area contributed by atoms with Gasteiger partial charge in [-0.3, -0.25) is 0 Å². The molecule has 76 valence electrons. The van der Waals surface area contributed by atoms with Crippen molar-refractivity contribution in [1.82, 2.24) is 4.98 Å². The molecule has 1 aromatic heterocycles. The van der Waals surface area contributed by atoms with Crippen molar-refractivity contribution in [1.29, 1.82) is 0 Å². The molecule has 0 bridgehead atoms. The topological polar surface area (TPSA) is 91.7 Å². The number of rotatable bonds is 3. The molecule has 5 nitrogen and oxygen atoms in total. The van der Waals surface area contributed by atoms with Crippen LogP contribution < -0.4 is 5.73 Å². The predicted molar refractivity (Wildman–Crippen MR) is 55.4 cm³/mol. The average molecular weight is 213 g/mol. The lowest BCUT2D eigenvalue weighted by Gasteiger charge is -1.94. The summed E-state index contributed by atoms with van der Waals surface area (Å²) in [6.07, 6.45) is 1.15. The van der Waals surface area contributed by atoms with Gasteiger partial charge in [-0.25, -0.2) is 4.98 Å². The molecule has 0 fully saturated rings. The van der Waals surface area contributed by atoms with E-state index in [0.29, 0.717) is 5.01 Å². The molecule has 14 heavy (non-hydrogen) atoms. The zero-order valence-electron chi connectivity index (χ0n) is 7.64. The summed E-state index contributed by atoms with van der Waals surface area (Å²) in [6.45, 7) is 1.57. The molecule has 6 heteroatoms. The van der Waals surface area contributed by atoms with Crippen molar-refractivity contribution in [2.75, 3.05) is 6.61 Å². The molecule has 0 atom stereocenters. The van der Waals surface area contributed by atoms with E-state index in [9.17, 15) is 0 Å². The first-order valence-corrected chi connectivity index (χ1v) is 4.78. The third-order valence-electron chi connectivity index (χ3n) is 1.35. The molecular weight excluding hydrogens is 202 g/mol. The van der Waals surface area contributed by atoms with Crippen molar-refractivity contribution in [2.45, 2.75) is 6.92 Å². The van der Waals surface area contributed by atoms with Crippen LogP contribution in [0.4, 0.5) is 0 Å². The number of nitrogens with two attached hydrogens (primary N) is 1. The van der Waals surface area contributed by atoms with Gasteiger partial charge in [0.25, 0.3) is 0 Å². The number of thiazole rings is 1. The summed E-state index contributed by atoms with van der Waals surface area (Å²) >= 11 is 1.35. The van der Waals surface area contributed by atoms with Gasteiger partial charge >= 0.3 is 0 Å². The maximum Gasteiger partial charge on any atom is 0.210 e. The summed E-state index contributed by atoms with van der Waals surface area (Å²) < 4.78 is 0. The minimum atomic E-state index is -0.308. The van der Waals surface area contributed by atoms with Crippen LogP contribution in [0.25, 0.3) is 0 Å². The third-order valence-corrected chi connectivity index (χ3v) is 2.33. The first-order chi connectivity index (χ1) is 6.63. The Hall–Kier alpha value is -1.40. The summed E-state index contributed by atoms with van der Waals surface area (Å²) in [4.78, 5) is 7.73. The molecule has 1 rings (SSSR count). The maximum absolute atomic E-state index is 9.10. The van der Waals surface area contributed by atoms with E-state index in [1.54, 1.807) is 0 Å². The Bertz CT molecular complexity index is 370. The molecule has 0 aliphatic rings. The van der Waals surface area contributed by atoms with Crippen molar-refractivity contribution < 1.29 is 10.2 Å². The number of aryl methyl sites for hydroxylation is 1. The zero-order chi connectivity index (χ0) is 10.6. The van der Waals surface area contributed by atoms with Gasteiger partial charge in [-0.05, 0) is 6.92 Å². The minimum Gasteiger partial charge on any atom is -0.493 e. The van der Waals surface area contributed by atoms with Crippen LogP contribution in [0.15, 0.2) is 22.3 Å². The van der Waals surface area contributed by atoms with E-state index in [1.807, 2.05) is 12.3 Å². The minimum absolute atomic E-state index is 0.144. The van der Waals surface area contributed by atoms with E-state index in [-0.39, 0.29) is 18.3 Å². The van der Waals surface area contributed by atoms with Gasteiger partial charge in [0, 0.05) is 17.2 Å². The van der Waals surface area contributed by atoms with Crippen LogP contribution >= 0.6 is 11.3 Å². The van der Waals surface area contributed by atoms with Crippen LogP contribution in [0.1, 0.15) is 10.7 Å². The first-order valence-electron chi connectivity index (χ1n) is 3.90. The van der Waals surface area contributed by atoms with Crippen LogP contribution in [0, 0.1) is 6.92 Å². The molecule has 0 aliphatic heterocycles. The van der Waals surface area contributed by atoms with Crippen LogP contribution in [0.5, 0.6) is 0 Å². The number of hydrogen-bond acceptors (Lipinski definition) is 5. The Morgan fingerprint density at radius 1 is 1.79 bits per heavy atom. The molecule has 4 N–H and O–H groups in total. The molecule has 0 aromatic carbocycles. The second-order valence-corrected chi connectivity index (χ2v) is 3.39. The number of aliphatic hydroxyl groups excluding tert-OH is 2. The van der Waals surface area contributed by atoms with Gasteiger partial charge in [0.05, 0.1) is 6.61 Å². The van der Waals surface area contributed by atoms with Gasteiger partial charge in [0.1, 0.15) is 0 Å². The Kier molecular flexibility index (Phi) is 3.61. The molecule has 0 amide bonds. The highest BCUT2D eigenvalue weighted by Crippen LogP contribution is 2.08. The summed E-state index contributed by atoms with van der Waals surface area (Å²) in [5.41, 5.74) is 6.41. The number of aromatic nitrogens is 1. The normalized spacial score (nSPS) is 13.3. The van der Waals surface area contributed by atoms with E-state index in [1.165, 1.54) is 11.3 Å². The van der Waals surface area contributed by atoms with Gasteiger partial charge in [0.15, 0.2) is 10.8 Å². The van der Waals surface area contributed by atoms with E-state index in [4.69, 9.17) is 15.9 Å². The molecular formula is C8H11N3O2S. The van der Waals surface area contributed by atoms with Crippen molar-refractivity contribution in [3.8, 4) is 0 Å². The maximum atomic E-state index is 9.10. The molecule has 0 aliphatic carbocycles. The van der Waals surface area contributed by atoms with E-state index in [0.717, 1.165) is 11.8 Å². The van der Waals surface area contributed by atoms with Gasteiger partial charge in [-0.2, -0.15) is 4.99 Å². The van der Waals surface area contributed by atoms with Crippen molar-refractivity contribution in [3.63, 3.8) is 0 Å². The predicted octanol–water partition coefficient (Wildman–Crippen LogP) is 0.549. The SMILES string of the molecule is Cc1csc(/C(N)=N/C(O)=C\CO)n1. The number of nitrogens with zero attached hydrogens (tertiary/aromatic N) is 2. The zero-order valence-corrected chi connectivity index (χ0v) is 8.45. The summed E-state index contributed by atoms with van der Waals surface area (Å²) in [5.74, 6) is -0.164. The molecule has 0 saturated heterocycles. The molecule has 1 heterocycles. The Balaban J connectivity index is 2.84. The van der Waals surface area contributed by atoms with Gasteiger partial charge in [0.2, 0.25) is 5.88 Å². The van der Waals surface area contributed by atoms with Gasteiger partial charge < -0.3 is 15.9 Å². The smallest absolute Gasteiger partial charge is 0.210 e. The largest absolute Gasteiger partial charge is 0.493 e. The number of hydrogen-bond donors (Lipinski definition) is 3. The Morgan fingerprint density at radius 2 is 2.50 bits per heavy atom. The fraction of sp³-hybridized carbons (Fsp3) is 0.250. The van der Waals surface area contributed by atoms with Crippen LogP contribution in [-0.2, 0) is 0 Å². The number of amidine groups is 1. The fourth-order valence-corrected chi connectivity index (χ4v) is 1.47. The van der Waals surface area contributed by atoms with Crippen LogP contribution in [0.2, 0.25) is 0 Å².